The van der Waals surface area contributed by atoms with E-state index in [1.54, 1.807) is 6.08 Å². The molecule has 9 nitrogen and oxygen atoms in total. The molecule has 1 aliphatic heterocycles. The van der Waals surface area contributed by atoms with Gasteiger partial charge in [-0.25, -0.2) is 0 Å². The first kappa shape index (κ1) is 42.0. The highest BCUT2D eigenvalue weighted by Crippen LogP contribution is 2.22. The third-order valence-electron chi connectivity index (χ3n) is 8.86. The van der Waals surface area contributed by atoms with E-state index >= 15 is 0 Å². The second-order valence-electron chi connectivity index (χ2n) is 13.0. The summed E-state index contributed by atoms with van der Waals surface area (Å²) >= 11 is 0. The van der Waals surface area contributed by atoms with Crippen molar-refractivity contribution >= 4 is 5.91 Å². The number of nitrogens with one attached hydrogen (secondary N) is 1. The Kier molecular flexibility index (Phi) is 26.1. The van der Waals surface area contributed by atoms with Crippen molar-refractivity contribution in [2.75, 3.05) is 13.2 Å². The molecule has 1 fully saturated rings. The fourth-order valence-corrected chi connectivity index (χ4v) is 5.80. The minimum Gasteiger partial charge on any atom is -0.394 e. The Morgan fingerprint density at radius 2 is 1.22 bits per heavy atom. The number of hydrogen-bond donors (Lipinski definition) is 6. The zero-order chi connectivity index (χ0) is 33.1. The summed E-state index contributed by atoms with van der Waals surface area (Å²) in [6.45, 7) is 3.71. The molecular weight excluding hydrogens is 574 g/mol. The van der Waals surface area contributed by atoms with Gasteiger partial charge in [0.05, 0.1) is 25.4 Å². The quantitative estimate of drug-likeness (QED) is 0.0441. The molecular formula is C36H69NO8. The van der Waals surface area contributed by atoms with Gasteiger partial charge in [-0.2, -0.15) is 0 Å². The molecule has 45 heavy (non-hydrogen) atoms. The molecule has 0 aromatic rings. The molecule has 0 spiro atoms. The maximum atomic E-state index is 12.8. The summed E-state index contributed by atoms with van der Waals surface area (Å²) in [5, 5.41) is 53.7. The van der Waals surface area contributed by atoms with Crippen LogP contribution in [0.15, 0.2) is 12.2 Å². The lowest BCUT2D eigenvalue weighted by Gasteiger charge is -2.40. The molecule has 1 saturated heterocycles. The van der Waals surface area contributed by atoms with Crippen LogP contribution < -0.4 is 5.32 Å². The molecule has 0 aromatic heterocycles. The molecule has 0 saturated carbocycles. The molecule has 2 unspecified atom stereocenters. The van der Waals surface area contributed by atoms with Crippen molar-refractivity contribution in [2.24, 2.45) is 0 Å². The smallest absolute Gasteiger partial charge is 0.220 e. The van der Waals surface area contributed by atoms with Gasteiger partial charge in [-0.1, -0.05) is 142 Å². The Morgan fingerprint density at radius 3 is 1.73 bits per heavy atom. The van der Waals surface area contributed by atoms with Gasteiger partial charge in [0.1, 0.15) is 24.4 Å². The Labute approximate surface area is 274 Å². The number of rotatable bonds is 29. The van der Waals surface area contributed by atoms with Gasteiger partial charge < -0.3 is 40.3 Å². The zero-order valence-electron chi connectivity index (χ0n) is 28.6. The average molecular weight is 644 g/mol. The van der Waals surface area contributed by atoms with Crippen molar-refractivity contribution < 1.29 is 39.8 Å². The van der Waals surface area contributed by atoms with Crippen LogP contribution in [-0.2, 0) is 14.3 Å². The molecule has 1 amide bonds. The van der Waals surface area contributed by atoms with Crippen LogP contribution in [0, 0.1) is 0 Å². The van der Waals surface area contributed by atoms with Gasteiger partial charge in [-0.15, -0.1) is 0 Å². The summed E-state index contributed by atoms with van der Waals surface area (Å²) in [6.07, 6.45) is 21.2. The van der Waals surface area contributed by atoms with Gasteiger partial charge in [0.25, 0.3) is 0 Å². The molecule has 266 valence electrons. The summed E-state index contributed by atoms with van der Waals surface area (Å²) in [5.41, 5.74) is 0. The molecule has 6 N–H and O–H groups in total. The van der Waals surface area contributed by atoms with Crippen LogP contribution in [0.1, 0.15) is 155 Å². The van der Waals surface area contributed by atoms with Crippen LogP contribution in [0.4, 0.5) is 0 Å². The first-order valence-electron chi connectivity index (χ1n) is 18.4. The molecule has 0 aliphatic carbocycles. The van der Waals surface area contributed by atoms with E-state index in [0.29, 0.717) is 6.42 Å². The minimum atomic E-state index is -1.56. The molecule has 0 radical (unpaired) electrons. The number of aliphatic hydroxyl groups is 5. The Balaban J connectivity index is 2.46. The average Bonchev–Trinajstić information content (AvgIpc) is 3.04. The standard InChI is InChI=1S/C36H69NO8/c1-3-5-7-9-11-13-14-15-16-18-20-22-24-26-32(40)37-29(30(39)25-23-21-19-17-12-10-8-6-4-2)28-44-36-35(43)34(42)33(41)31(27-38)45-36/h23,25,29-31,33-36,38-39,41-43H,3-22,24,26-28H2,1-2H3,(H,37,40)/b25-23+/t29-,30+,31+,33-,34?,35?,36+/m0/s1. The van der Waals surface area contributed by atoms with Crippen LogP contribution in [0.25, 0.3) is 0 Å². The second-order valence-corrected chi connectivity index (χ2v) is 13.0. The SMILES string of the molecule is CCCCCCCCC/C=C/[C@@H](O)[C@H](CO[C@@H]1O[C@H](CO)[C@H](O)C(O)C1O)NC(=O)CCCCCCCCCCCCCCC. The van der Waals surface area contributed by atoms with E-state index in [2.05, 4.69) is 19.2 Å². The number of aliphatic hydroxyl groups excluding tert-OH is 5. The summed E-state index contributed by atoms with van der Waals surface area (Å²) in [4.78, 5) is 12.8. The summed E-state index contributed by atoms with van der Waals surface area (Å²) in [7, 11) is 0. The summed E-state index contributed by atoms with van der Waals surface area (Å²) in [6, 6.07) is -0.794. The van der Waals surface area contributed by atoms with E-state index in [4.69, 9.17) is 9.47 Å². The maximum absolute atomic E-state index is 12.8. The van der Waals surface area contributed by atoms with Crippen molar-refractivity contribution in [1.82, 2.24) is 5.32 Å². The van der Waals surface area contributed by atoms with Gasteiger partial charge in [0, 0.05) is 6.42 Å². The van der Waals surface area contributed by atoms with Crippen molar-refractivity contribution in [1.29, 1.82) is 0 Å². The van der Waals surface area contributed by atoms with E-state index in [9.17, 15) is 30.3 Å². The second kappa shape index (κ2) is 28.0. The number of ether oxygens (including phenoxy) is 2. The highest BCUT2D eigenvalue weighted by Gasteiger charge is 2.44. The zero-order valence-corrected chi connectivity index (χ0v) is 28.6. The number of unbranched alkanes of at least 4 members (excludes halogenated alkanes) is 19. The number of allylic oxidation sites excluding steroid dienone is 1. The predicted octanol–water partition coefficient (Wildman–Crippen LogP) is 5.83. The first-order chi connectivity index (χ1) is 21.8. The van der Waals surface area contributed by atoms with E-state index in [-0.39, 0.29) is 12.5 Å². The van der Waals surface area contributed by atoms with Crippen LogP contribution in [0.3, 0.4) is 0 Å². The topological polar surface area (TPSA) is 149 Å². The van der Waals surface area contributed by atoms with Crippen LogP contribution in [-0.4, -0.2) is 87.5 Å². The molecule has 0 aromatic carbocycles. The van der Waals surface area contributed by atoms with E-state index in [0.717, 1.165) is 38.5 Å². The van der Waals surface area contributed by atoms with E-state index in [1.807, 2.05) is 6.08 Å². The highest BCUT2D eigenvalue weighted by molar-refractivity contribution is 5.76. The van der Waals surface area contributed by atoms with Crippen molar-refractivity contribution in [2.45, 2.75) is 198 Å². The normalized spacial score (nSPS) is 23.4. The van der Waals surface area contributed by atoms with Crippen LogP contribution in [0.2, 0.25) is 0 Å². The van der Waals surface area contributed by atoms with Crippen molar-refractivity contribution in [3.63, 3.8) is 0 Å². The number of carbonyl (C=O) groups excluding carboxylic acids is 1. The molecule has 9 heteroatoms. The third-order valence-corrected chi connectivity index (χ3v) is 8.86. The van der Waals surface area contributed by atoms with Gasteiger partial charge in [0.2, 0.25) is 5.91 Å². The third kappa shape index (κ3) is 20.0. The van der Waals surface area contributed by atoms with Crippen LogP contribution in [0.5, 0.6) is 0 Å². The van der Waals surface area contributed by atoms with Gasteiger partial charge in [-0.3, -0.25) is 4.79 Å². The first-order valence-corrected chi connectivity index (χ1v) is 18.4. The Bertz CT molecular complexity index is 721. The monoisotopic (exact) mass is 644 g/mol. The highest BCUT2D eigenvalue weighted by atomic mass is 16.7. The number of amides is 1. The van der Waals surface area contributed by atoms with Gasteiger partial charge >= 0.3 is 0 Å². The predicted molar refractivity (Wildman–Crippen MR) is 180 cm³/mol. The molecule has 0 bridgehead atoms. The summed E-state index contributed by atoms with van der Waals surface area (Å²) < 4.78 is 11.1. The van der Waals surface area contributed by atoms with Gasteiger partial charge in [0.15, 0.2) is 6.29 Å². The molecule has 7 atom stereocenters. The number of carbonyl (C=O) groups is 1. The fraction of sp³-hybridized carbons (Fsp3) is 0.917. The molecule has 1 rings (SSSR count). The van der Waals surface area contributed by atoms with Crippen molar-refractivity contribution in [3.8, 4) is 0 Å². The maximum Gasteiger partial charge on any atom is 0.220 e. The lowest BCUT2D eigenvalue weighted by Crippen LogP contribution is -2.60. The largest absolute Gasteiger partial charge is 0.394 e. The lowest BCUT2D eigenvalue weighted by atomic mass is 9.99. The van der Waals surface area contributed by atoms with E-state index in [1.165, 1.54) is 96.3 Å². The number of hydrogen-bond acceptors (Lipinski definition) is 8. The van der Waals surface area contributed by atoms with Crippen LogP contribution >= 0.6 is 0 Å². The minimum absolute atomic E-state index is 0.181. The molecule has 1 heterocycles. The Morgan fingerprint density at radius 1 is 0.733 bits per heavy atom. The summed E-state index contributed by atoms with van der Waals surface area (Å²) in [5.74, 6) is -0.181. The van der Waals surface area contributed by atoms with E-state index < -0.39 is 49.5 Å². The Hall–Kier alpha value is -1.07. The molecule has 1 aliphatic rings. The lowest BCUT2D eigenvalue weighted by molar-refractivity contribution is -0.302. The van der Waals surface area contributed by atoms with Gasteiger partial charge in [-0.05, 0) is 19.3 Å². The fourth-order valence-electron chi connectivity index (χ4n) is 5.80. The van der Waals surface area contributed by atoms with Crippen molar-refractivity contribution in [3.05, 3.63) is 12.2 Å².